The molecule has 1 N–H and O–H groups in total. The summed E-state index contributed by atoms with van der Waals surface area (Å²) in [6.07, 6.45) is 0. The Morgan fingerprint density at radius 1 is 1.18 bits per heavy atom. The zero-order chi connectivity index (χ0) is 18.8. The topological polar surface area (TPSA) is 61.9 Å². The third-order valence-corrected chi connectivity index (χ3v) is 5.27. The molecular formula is C20H21Cl2N3O3. The summed E-state index contributed by atoms with van der Waals surface area (Å²) in [6.45, 7) is 1.83. The molecule has 1 atom stereocenters. The van der Waals surface area contributed by atoms with E-state index in [4.69, 9.17) is 16.3 Å². The van der Waals surface area contributed by atoms with Crippen LogP contribution in [0.15, 0.2) is 48.5 Å². The molecule has 8 heteroatoms. The van der Waals surface area contributed by atoms with Gasteiger partial charge in [0.1, 0.15) is 12.3 Å². The molecule has 0 spiro atoms. The van der Waals surface area contributed by atoms with E-state index in [9.17, 15) is 9.59 Å². The number of piperazine rings is 1. The Bertz CT molecular complexity index is 877. The predicted molar refractivity (Wildman–Crippen MR) is 110 cm³/mol. The Kier molecular flexibility index (Phi) is 6.44. The van der Waals surface area contributed by atoms with Crippen molar-refractivity contribution in [1.29, 1.82) is 0 Å². The molecule has 2 heterocycles. The standard InChI is InChI=1S/C20H20ClN3O3.ClH/c21-15-6-2-1-5-14(15)17-11-22-9-10-23(17)19(25)12-24-16-7-3-4-8-18(16)27-13-20(24)26;/h1-8,17,22H,9-13H2;1H. The summed E-state index contributed by atoms with van der Waals surface area (Å²) in [5.74, 6) is 0.297. The van der Waals surface area contributed by atoms with E-state index >= 15 is 0 Å². The molecule has 148 valence electrons. The summed E-state index contributed by atoms with van der Waals surface area (Å²) >= 11 is 6.36. The Morgan fingerprint density at radius 3 is 2.75 bits per heavy atom. The average Bonchev–Trinajstić information content (AvgIpc) is 2.70. The Labute approximate surface area is 174 Å². The molecule has 0 aliphatic carbocycles. The zero-order valence-corrected chi connectivity index (χ0v) is 16.7. The maximum atomic E-state index is 13.1. The van der Waals surface area contributed by atoms with E-state index in [-0.39, 0.29) is 43.4 Å². The number of para-hydroxylation sites is 2. The molecule has 2 aromatic carbocycles. The summed E-state index contributed by atoms with van der Waals surface area (Å²) < 4.78 is 5.46. The second kappa shape index (κ2) is 8.82. The number of rotatable bonds is 3. The van der Waals surface area contributed by atoms with Crippen molar-refractivity contribution in [3.05, 3.63) is 59.1 Å². The molecule has 2 aliphatic heterocycles. The molecule has 2 amide bonds. The van der Waals surface area contributed by atoms with Crippen molar-refractivity contribution in [1.82, 2.24) is 10.2 Å². The minimum absolute atomic E-state index is 0. The number of fused-ring (bicyclic) bond motifs is 1. The molecule has 4 rings (SSSR count). The van der Waals surface area contributed by atoms with Gasteiger partial charge in [0.15, 0.2) is 6.61 Å². The lowest BCUT2D eigenvalue weighted by Crippen LogP contribution is -2.53. The Hall–Kier alpha value is -2.28. The van der Waals surface area contributed by atoms with Gasteiger partial charge in [-0.15, -0.1) is 12.4 Å². The number of hydrogen-bond donors (Lipinski definition) is 1. The van der Waals surface area contributed by atoms with Crippen LogP contribution < -0.4 is 15.0 Å². The van der Waals surface area contributed by atoms with Gasteiger partial charge in [-0.25, -0.2) is 0 Å². The van der Waals surface area contributed by atoms with Gasteiger partial charge in [-0.2, -0.15) is 0 Å². The second-order valence-corrected chi connectivity index (χ2v) is 6.97. The van der Waals surface area contributed by atoms with Crippen LogP contribution in [0.5, 0.6) is 5.75 Å². The smallest absolute Gasteiger partial charge is 0.265 e. The van der Waals surface area contributed by atoms with Crippen molar-refractivity contribution in [2.24, 2.45) is 0 Å². The van der Waals surface area contributed by atoms with Crippen LogP contribution in [0.1, 0.15) is 11.6 Å². The number of benzene rings is 2. The lowest BCUT2D eigenvalue weighted by Gasteiger charge is -2.38. The molecule has 1 saturated heterocycles. The summed E-state index contributed by atoms with van der Waals surface area (Å²) in [6, 6.07) is 14.7. The highest BCUT2D eigenvalue weighted by Gasteiger charge is 2.33. The summed E-state index contributed by atoms with van der Waals surface area (Å²) in [7, 11) is 0. The number of nitrogens with zero attached hydrogens (tertiary/aromatic N) is 2. The fourth-order valence-corrected chi connectivity index (χ4v) is 3.84. The first-order chi connectivity index (χ1) is 13.1. The van der Waals surface area contributed by atoms with Crippen LogP contribution in [-0.2, 0) is 9.59 Å². The highest BCUT2D eigenvalue weighted by molar-refractivity contribution is 6.31. The second-order valence-electron chi connectivity index (χ2n) is 6.56. The van der Waals surface area contributed by atoms with Gasteiger partial charge in [0.05, 0.1) is 11.7 Å². The van der Waals surface area contributed by atoms with Crippen LogP contribution in [0.2, 0.25) is 5.02 Å². The maximum absolute atomic E-state index is 13.1. The van der Waals surface area contributed by atoms with Gasteiger partial charge in [-0.3, -0.25) is 14.5 Å². The highest BCUT2D eigenvalue weighted by atomic mass is 35.5. The first-order valence-electron chi connectivity index (χ1n) is 8.92. The first-order valence-corrected chi connectivity index (χ1v) is 9.30. The van der Waals surface area contributed by atoms with Crippen molar-refractivity contribution in [3.63, 3.8) is 0 Å². The molecular weight excluding hydrogens is 401 g/mol. The van der Waals surface area contributed by atoms with Gasteiger partial charge in [0, 0.05) is 24.7 Å². The van der Waals surface area contributed by atoms with E-state index in [1.54, 1.807) is 12.1 Å². The maximum Gasteiger partial charge on any atom is 0.265 e. The largest absolute Gasteiger partial charge is 0.482 e. The number of halogens is 2. The van der Waals surface area contributed by atoms with E-state index in [1.165, 1.54) is 4.90 Å². The Morgan fingerprint density at radius 2 is 1.93 bits per heavy atom. The number of carbonyl (C=O) groups is 2. The number of anilines is 1. The number of nitrogens with one attached hydrogen (secondary N) is 1. The molecule has 0 bridgehead atoms. The van der Waals surface area contributed by atoms with Crippen LogP contribution in [0, 0.1) is 0 Å². The molecule has 1 fully saturated rings. The van der Waals surface area contributed by atoms with Crippen molar-refractivity contribution in [2.45, 2.75) is 6.04 Å². The zero-order valence-electron chi connectivity index (χ0n) is 15.1. The van der Waals surface area contributed by atoms with E-state index in [2.05, 4.69) is 5.32 Å². The van der Waals surface area contributed by atoms with Crippen LogP contribution in [0.3, 0.4) is 0 Å². The van der Waals surface area contributed by atoms with Crippen LogP contribution in [-0.4, -0.2) is 49.5 Å². The van der Waals surface area contributed by atoms with E-state index in [0.29, 0.717) is 36.1 Å². The van der Waals surface area contributed by atoms with Crippen molar-refractivity contribution in [3.8, 4) is 5.75 Å². The molecule has 0 radical (unpaired) electrons. The fraction of sp³-hybridized carbons (Fsp3) is 0.300. The molecule has 2 aliphatic rings. The van der Waals surface area contributed by atoms with Gasteiger partial charge < -0.3 is 15.0 Å². The highest BCUT2D eigenvalue weighted by Crippen LogP contribution is 2.32. The number of ether oxygens (including phenoxy) is 1. The van der Waals surface area contributed by atoms with Crippen LogP contribution in [0.25, 0.3) is 0 Å². The van der Waals surface area contributed by atoms with E-state index < -0.39 is 0 Å². The summed E-state index contributed by atoms with van der Waals surface area (Å²) in [4.78, 5) is 28.8. The van der Waals surface area contributed by atoms with Gasteiger partial charge >= 0.3 is 0 Å². The average molecular weight is 422 g/mol. The SMILES string of the molecule is Cl.O=C1COc2ccccc2N1CC(=O)N1CCNCC1c1ccccc1Cl. The molecule has 2 aromatic rings. The normalized spacial score (nSPS) is 18.8. The lowest BCUT2D eigenvalue weighted by molar-refractivity contribution is -0.134. The number of carbonyl (C=O) groups excluding carboxylic acids is 2. The van der Waals surface area contributed by atoms with Gasteiger partial charge in [0.25, 0.3) is 5.91 Å². The monoisotopic (exact) mass is 421 g/mol. The fourth-order valence-electron chi connectivity index (χ4n) is 3.58. The van der Waals surface area contributed by atoms with Crippen LogP contribution in [0.4, 0.5) is 5.69 Å². The predicted octanol–water partition coefficient (Wildman–Crippen LogP) is 2.66. The quantitative estimate of drug-likeness (QED) is 0.827. The first kappa shape index (κ1) is 20.5. The van der Waals surface area contributed by atoms with E-state index in [0.717, 1.165) is 5.56 Å². The lowest BCUT2D eigenvalue weighted by atomic mass is 10.0. The van der Waals surface area contributed by atoms with Crippen LogP contribution >= 0.6 is 24.0 Å². The number of amides is 2. The minimum atomic E-state index is -0.216. The molecule has 28 heavy (non-hydrogen) atoms. The van der Waals surface area contributed by atoms with Gasteiger partial charge in [-0.1, -0.05) is 41.9 Å². The van der Waals surface area contributed by atoms with Crippen molar-refractivity contribution < 1.29 is 14.3 Å². The molecule has 6 nitrogen and oxygen atoms in total. The Balaban J connectivity index is 0.00000225. The summed E-state index contributed by atoms with van der Waals surface area (Å²) in [5.41, 5.74) is 1.54. The van der Waals surface area contributed by atoms with Gasteiger partial charge in [-0.05, 0) is 23.8 Å². The summed E-state index contributed by atoms with van der Waals surface area (Å²) in [5, 5.41) is 3.96. The van der Waals surface area contributed by atoms with E-state index in [1.807, 2.05) is 41.3 Å². The van der Waals surface area contributed by atoms with Crippen molar-refractivity contribution >= 4 is 41.5 Å². The van der Waals surface area contributed by atoms with Gasteiger partial charge in [0.2, 0.25) is 5.91 Å². The molecule has 0 aromatic heterocycles. The third-order valence-electron chi connectivity index (χ3n) is 4.93. The molecule has 0 saturated carbocycles. The molecule has 1 unspecified atom stereocenters. The third kappa shape index (κ3) is 3.94. The minimum Gasteiger partial charge on any atom is -0.482 e. The van der Waals surface area contributed by atoms with Crippen molar-refractivity contribution in [2.75, 3.05) is 37.7 Å². The number of hydrogen-bond acceptors (Lipinski definition) is 4.